The number of benzene rings is 1. The first-order chi connectivity index (χ1) is 15.6. The summed E-state index contributed by atoms with van der Waals surface area (Å²) >= 11 is 1.53. The Morgan fingerprint density at radius 3 is 2.24 bits per heavy atom. The van der Waals surface area contributed by atoms with E-state index in [-0.39, 0.29) is 19.3 Å². The normalized spacial score (nSPS) is 13.3. The van der Waals surface area contributed by atoms with Gasteiger partial charge in [0.25, 0.3) is 0 Å². The Bertz CT molecular complexity index is 823. The first-order valence-corrected chi connectivity index (χ1v) is 11.7. The Labute approximate surface area is 196 Å². The zero-order valence-corrected chi connectivity index (χ0v) is 19.2. The summed E-state index contributed by atoms with van der Waals surface area (Å²) < 4.78 is 0. The van der Waals surface area contributed by atoms with Gasteiger partial charge in [0, 0.05) is 12.8 Å². The number of amides is 4. The van der Waals surface area contributed by atoms with Crippen LogP contribution in [0.15, 0.2) is 30.3 Å². The Morgan fingerprint density at radius 1 is 1.00 bits per heavy atom. The maximum Gasteiger partial charge on any atom is 0.326 e. The molecule has 3 unspecified atom stereocenters. The van der Waals surface area contributed by atoms with Crippen LogP contribution in [0.5, 0.6) is 0 Å². The van der Waals surface area contributed by atoms with E-state index >= 15 is 0 Å². The zero-order chi connectivity index (χ0) is 24.8. The van der Waals surface area contributed by atoms with Gasteiger partial charge in [0.2, 0.25) is 23.6 Å². The maximum absolute atomic E-state index is 12.7. The molecule has 0 spiro atoms. The summed E-state index contributed by atoms with van der Waals surface area (Å²) in [6.07, 6.45) is 2.01. The number of nitrogens with one attached hydrogen (secondary N) is 3. The van der Waals surface area contributed by atoms with Crippen LogP contribution in [0.3, 0.4) is 0 Å². The van der Waals surface area contributed by atoms with Crippen molar-refractivity contribution < 1.29 is 29.1 Å². The van der Waals surface area contributed by atoms with Crippen LogP contribution in [-0.4, -0.2) is 71.4 Å². The molecule has 8 N–H and O–H groups in total. The number of nitrogens with two attached hydrogens (primary N) is 2. The topological polar surface area (TPSA) is 194 Å². The molecule has 0 aliphatic rings. The van der Waals surface area contributed by atoms with Gasteiger partial charge in [-0.2, -0.15) is 11.8 Å². The zero-order valence-electron chi connectivity index (χ0n) is 18.4. The molecule has 0 heterocycles. The van der Waals surface area contributed by atoms with E-state index in [2.05, 4.69) is 16.0 Å². The molecule has 0 saturated heterocycles. The second kappa shape index (κ2) is 14.9. The SMILES string of the molecule is CSCCC(N)C(=O)NCC(=O)NC(CCC(N)=O)C(=O)NC(Cc1ccccc1)C(=O)O. The van der Waals surface area contributed by atoms with E-state index in [1.807, 2.05) is 6.26 Å². The van der Waals surface area contributed by atoms with Crippen molar-refractivity contribution in [2.45, 2.75) is 43.8 Å². The molecule has 11 nitrogen and oxygen atoms in total. The number of rotatable bonds is 15. The summed E-state index contributed by atoms with van der Waals surface area (Å²) in [7, 11) is 0. The molecule has 182 valence electrons. The molecule has 1 aromatic rings. The number of carbonyl (C=O) groups excluding carboxylic acids is 4. The van der Waals surface area contributed by atoms with Crippen molar-refractivity contribution in [1.82, 2.24) is 16.0 Å². The van der Waals surface area contributed by atoms with Gasteiger partial charge in [0.15, 0.2) is 0 Å². The highest BCUT2D eigenvalue weighted by molar-refractivity contribution is 7.98. The van der Waals surface area contributed by atoms with Gasteiger partial charge in [0.05, 0.1) is 12.6 Å². The van der Waals surface area contributed by atoms with Crippen LogP contribution in [0.4, 0.5) is 0 Å². The summed E-state index contributed by atoms with van der Waals surface area (Å²) in [6, 6.07) is 5.48. The molecule has 4 amide bonds. The van der Waals surface area contributed by atoms with Crippen LogP contribution >= 0.6 is 11.8 Å². The molecule has 12 heteroatoms. The van der Waals surface area contributed by atoms with Gasteiger partial charge < -0.3 is 32.5 Å². The fourth-order valence-electron chi connectivity index (χ4n) is 2.80. The molecule has 33 heavy (non-hydrogen) atoms. The Hall–Kier alpha value is -3.12. The smallest absolute Gasteiger partial charge is 0.326 e. The first-order valence-electron chi connectivity index (χ1n) is 10.3. The predicted molar refractivity (Wildman–Crippen MR) is 124 cm³/mol. The van der Waals surface area contributed by atoms with E-state index in [9.17, 15) is 29.1 Å². The lowest BCUT2D eigenvalue weighted by atomic mass is 10.0. The second-order valence-electron chi connectivity index (χ2n) is 7.32. The van der Waals surface area contributed by atoms with Gasteiger partial charge >= 0.3 is 5.97 Å². The lowest BCUT2D eigenvalue weighted by molar-refractivity contribution is -0.142. The summed E-state index contributed by atoms with van der Waals surface area (Å²) in [5.41, 5.74) is 11.6. The van der Waals surface area contributed by atoms with E-state index in [4.69, 9.17) is 11.5 Å². The Morgan fingerprint density at radius 2 is 1.67 bits per heavy atom. The summed E-state index contributed by atoms with van der Waals surface area (Å²) in [5.74, 6) is -3.24. The van der Waals surface area contributed by atoms with Gasteiger partial charge in [-0.25, -0.2) is 4.79 Å². The largest absolute Gasteiger partial charge is 0.480 e. The third-order valence-corrected chi connectivity index (χ3v) is 5.27. The van der Waals surface area contributed by atoms with Crippen molar-refractivity contribution >= 4 is 41.4 Å². The molecule has 0 saturated carbocycles. The van der Waals surface area contributed by atoms with E-state index in [1.165, 1.54) is 11.8 Å². The van der Waals surface area contributed by atoms with Gasteiger partial charge in [-0.3, -0.25) is 19.2 Å². The van der Waals surface area contributed by atoms with Crippen molar-refractivity contribution in [2.75, 3.05) is 18.6 Å². The van der Waals surface area contributed by atoms with Gasteiger partial charge in [-0.1, -0.05) is 30.3 Å². The van der Waals surface area contributed by atoms with Gasteiger partial charge in [-0.15, -0.1) is 0 Å². The van der Waals surface area contributed by atoms with Crippen molar-refractivity contribution in [3.8, 4) is 0 Å². The van der Waals surface area contributed by atoms with Crippen molar-refractivity contribution in [3.05, 3.63) is 35.9 Å². The third-order valence-electron chi connectivity index (χ3n) is 4.62. The number of hydrogen-bond acceptors (Lipinski definition) is 7. The molecule has 0 fully saturated rings. The highest BCUT2D eigenvalue weighted by Crippen LogP contribution is 2.05. The van der Waals surface area contributed by atoms with Crippen LogP contribution in [0.2, 0.25) is 0 Å². The van der Waals surface area contributed by atoms with Crippen molar-refractivity contribution in [2.24, 2.45) is 11.5 Å². The Balaban J connectivity index is 2.74. The number of primary amides is 1. The van der Waals surface area contributed by atoms with Gasteiger partial charge in [-0.05, 0) is 30.4 Å². The highest BCUT2D eigenvalue weighted by Gasteiger charge is 2.27. The quantitative estimate of drug-likeness (QED) is 0.179. The minimum Gasteiger partial charge on any atom is -0.480 e. The molecule has 0 bridgehead atoms. The monoisotopic (exact) mass is 481 g/mol. The minimum atomic E-state index is -1.25. The molecule has 0 aliphatic carbocycles. The van der Waals surface area contributed by atoms with Crippen LogP contribution in [-0.2, 0) is 30.4 Å². The summed E-state index contributed by atoms with van der Waals surface area (Å²) in [6.45, 7) is -0.432. The third kappa shape index (κ3) is 11.3. The Kier molecular flexibility index (Phi) is 12.6. The van der Waals surface area contributed by atoms with Crippen LogP contribution < -0.4 is 27.4 Å². The van der Waals surface area contributed by atoms with Crippen LogP contribution in [0.25, 0.3) is 0 Å². The number of carbonyl (C=O) groups is 5. The number of carboxylic acids is 1. The van der Waals surface area contributed by atoms with E-state index in [1.54, 1.807) is 30.3 Å². The fourth-order valence-corrected chi connectivity index (χ4v) is 3.29. The maximum atomic E-state index is 12.7. The molecule has 0 aliphatic heterocycles. The number of aliphatic carboxylic acids is 1. The van der Waals surface area contributed by atoms with E-state index in [0.717, 1.165) is 0 Å². The lowest BCUT2D eigenvalue weighted by Crippen LogP contribution is -2.54. The molecular formula is C21H31N5O6S. The average molecular weight is 482 g/mol. The van der Waals surface area contributed by atoms with E-state index in [0.29, 0.717) is 17.7 Å². The summed E-state index contributed by atoms with van der Waals surface area (Å²) in [5, 5.41) is 16.7. The lowest BCUT2D eigenvalue weighted by Gasteiger charge is -2.21. The van der Waals surface area contributed by atoms with Crippen LogP contribution in [0.1, 0.15) is 24.8 Å². The fraction of sp³-hybridized carbons (Fsp3) is 0.476. The standard InChI is InChI=1S/C21H31N5O6S/c1-33-10-9-14(22)19(29)24-12-18(28)25-15(7-8-17(23)27)20(30)26-16(21(31)32)11-13-5-3-2-4-6-13/h2-6,14-16H,7-12,22H2,1H3,(H2,23,27)(H,24,29)(H,25,28)(H,26,30)(H,31,32). The second-order valence-corrected chi connectivity index (χ2v) is 8.31. The molecule has 1 rings (SSSR count). The van der Waals surface area contributed by atoms with Crippen LogP contribution in [0, 0.1) is 0 Å². The number of thioether (sulfide) groups is 1. The van der Waals surface area contributed by atoms with E-state index < -0.39 is 54.3 Å². The minimum absolute atomic E-state index is 0.0301. The van der Waals surface area contributed by atoms with Crippen molar-refractivity contribution in [1.29, 1.82) is 0 Å². The molecule has 0 aromatic heterocycles. The number of carboxylic acid groups (broad SMARTS) is 1. The first kappa shape index (κ1) is 27.9. The van der Waals surface area contributed by atoms with Crippen molar-refractivity contribution in [3.63, 3.8) is 0 Å². The molecular weight excluding hydrogens is 450 g/mol. The molecule has 3 atom stereocenters. The van der Waals surface area contributed by atoms with Gasteiger partial charge in [0.1, 0.15) is 12.1 Å². The number of hydrogen-bond donors (Lipinski definition) is 6. The summed E-state index contributed by atoms with van der Waals surface area (Å²) in [4.78, 5) is 59.7. The highest BCUT2D eigenvalue weighted by atomic mass is 32.2. The average Bonchev–Trinajstić information content (AvgIpc) is 2.78. The molecule has 1 aromatic carbocycles. The molecule has 0 radical (unpaired) electrons. The predicted octanol–water partition coefficient (Wildman–Crippen LogP) is -1.25.